The molecule has 0 unspecified atom stereocenters. The lowest BCUT2D eigenvalue weighted by atomic mass is 9.69. The van der Waals surface area contributed by atoms with Gasteiger partial charge in [-0.05, 0) is 44.4 Å². The molecule has 72 valence electrons. The largest absolute Gasteiger partial charge is 0.0912 e. The molecule has 0 aromatic heterocycles. The van der Waals surface area contributed by atoms with E-state index in [9.17, 15) is 0 Å². The van der Waals surface area contributed by atoms with E-state index in [1.165, 1.54) is 27.9 Å². The van der Waals surface area contributed by atoms with Gasteiger partial charge in [-0.3, -0.25) is 0 Å². The summed E-state index contributed by atoms with van der Waals surface area (Å²) in [5, 5.41) is 0. The molecule has 0 saturated carbocycles. The molecule has 0 spiro atoms. The van der Waals surface area contributed by atoms with Crippen LogP contribution in [0.2, 0.25) is 0 Å². The molecule has 0 radical (unpaired) electrons. The van der Waals surface area contributed by atoms with Gasteiger partial charge in [-0.1, -0.05) is 31.6 Å². The second kappa shape index (κ2) is 2.87. The van der Waals surface area contributed by atoms with Gasteiger partial charge in [0, 0.05) is 5.41 Å². The number of allylic oxidation sites excluding steroid dienone is 5. The van der Waals surface area contributed by atoms with E-state index >= 15 is 0 Å². The van der Waals surface area contributed by atoms with E-state index in [1.54, 1.807) is 0 Å². The second-order valence-electron chi connectivity index (χ2n) is 4.60. The molecule has 0 amide bonds. The molecule has 0 heteroatoms. The summed E-state index contributed by atoms with van der Waals surface area (Å²) in [5.74, 6) is 0. The lowest BCUT2D eigenvalue weighted by Gasteiger charge is -2.36. The summed E-state index contributed by atoms with van der Waals surface area (Å²) in [4.78, 5) is 0. The van der Waals surface area contributed by atoms with Crippen LogP contribution in [0.1, 0.15) is 41.5 Å². The van der Waals surface area contributed by atoms with Crippen molar-refractivity contribution in [2.45, 2.75) is 41.5 Å². The third-order valence-electron chi connectivity index (χ3n) is 3.91. The van der Waals surface area contributed by atoms with Crippen LogP contribution < -0.4 is 0 Å². The second-order valence-corrected chi connectivity index (χ2v) is 4.60. The Morgan fingerprint density at radius 3 is 1.46 bits per heavy atom. The van der Waals surface area contributed by atoms with E-state index < -0.39 is 0 Å². The van der Waals surface area contributed by atoms with Crippen molar-refractivity contribution in [3.05, 3.63) is 34.4 Å². The van der Waals surface area contributed by atoms with E-state index in [-0.39, 0.29) is 5.41 Å². The Bertz CT molecular complexity index is 292. The Morgan fingerprint density at radius 1 is 0.846 bits per heavy atom. The molecule has 1 aliphatic carbocycles. The molecule has 0 nitrogen and oxygen atoms in total. The van der Waals surface area contributed by atoms with Gasteiger partial charge in [-0.15, -0.1) is 0 Å². The predicted molar refractivity (Wildman–Crippen MR) is 59.7 cm³/mol. The van der Waals surface area contributed by atoms with Gasteiger partial charge < -0.3 is 0 Å². The SMILES string of the molecule is C=C1C(C)=C(C)C(C)(C)C(C)=C1C. The number of hydrogen-bond acceptors (Lipinski definition) is 0. The van der Waals surface area contributed by atoms with Gasteiger partial charge in [-0.2, -0.15) is 0 Å². The first-order valence-corrected chi connectivity index (χ1v) is 4.85. The summed E-state index contributed by atoms with van der Waals surface area (Å²) in [7, 11) is 0. The first-order chi connectivity index (χ1) is 5.80. The third kappa shape index (κ3) is 1.29. The van der Waals surface area contributed by atoms with Gasteiger partial charge in [0.15, 0.2) is 0 Å². The molecule has 1 aliphatic rings. The zero-order valence-electron chi connectivity index (χ0n) is 9.71. The van der Waals surface area contributed by atoms with Crippen LogP contribution in [-0.4, -0.2) is 0 Å². The van der Waals surface area contributed by atoms with Crippen molar-refractivity contribution >= 4 is 0 Å². The van der Waals surface area contributed by atoms with E-state index in [2.05, 4.69) is 48.1 Å². The van der Waals surface area contributed by atoms with Gasteiger partial charge in [0.1, 0.15) is 0 Å². The summed E-state index contributed by atoms with van der Waals surface area (Å²) in [5.41, 5.74) is 7.09. The standard InChI is InChI=1S/C13H20/c1-8-9(2)11(4)13(6,7)12(5)10(8)3/h1H2,2-7H3. The highest BCUT2D eigenvalue weighted by molar-refractivity contribution is 5.54. The molecule has 13 heavy (non-hydrogen) atoms. The van der Waals surface area contributed by atoms with E-state index in [0.29, 0.717) is 0 Å². The van der Waals surface area contributed by atoms with Crippen LogP contribution >= 0.6 is 0 Å². The Labute approximate surface area is 82.0 Å². The van der Waals surface area contributed by atoms with Crippen LogP contribution in [0, 0.1) is 5.41 Å². The molecular weight excluding hydrogens is 156 g/mol. The molecule has 1 rings (SSSR count). The number of hydrogen-bond donors (Lipinski definition) is 0. The number of rotatable bonds is 0. The maximum atomic E-state index is 4.13. The minimum atomic E-state index is 0.218. The Balaban J connectivity index is 3.39. The van der Waals surface area contributed by atoms with Crippen molar-refractivity contribution in [1.82, 2.24) is 0 Å². The van der Waals surface area contributed by atoms with Crippen LogP contribution in [0.25, 0.3) is 0 Å². The fourth-order valence-electron chi connectivity index (χ4n) is 1.95. The normalized spacial score (nSPS) is 22.8. The van der Waals surface area contributed by atoms with E-state index in [1.807, 2.05) is 0 Å². The van der Waals surface area contributed by atoms with E-state index in [4.69, 9.17) is 0 Å². The Morgan fingerprint density at radius 2 is 1.15 bits per heavy atom. The Hall–Kier alpha value is -0.780. The average Bonchev–Trinajstić information content (AvgIpc) is 2.09. The summed E-state index contributed by atoms with van der Waals surface area (Å²) in [6, 6.07) is 0. The van der Waals surface area contributed by atoms with Crippen molar-refractivity contribution in [3.8, 4) is 0 Å². The first kappa shape index (κ1) is 10.3. The van der Waals surface area contributed by atoms with Crippen LogP contribution in [0.3, 0.4) is 0 Å². The zero-order valence-corrected chi connectivity index (χ0v) is 9.71. The molecule has 0 fully saturated rings. The van der Waals surface area contributed by atoms with Crippen LogP contribution in [0.15, 0.2) is 34.4 Å². The summed E-state index contributed by atoms with van der Waals surface area (Å²) < 4.78 is 0. The third-order valence-corrected chi connectivity index (χ3v) is 3.91. The first-order valence-electron chi connectivity index (χ1n) is 4.85. The van der Waals surface area contributed by atoms with Gasteiger partial charge in [0.05, 0.1) is 0 Å². The van der Waals surface area contributed by atoms with Crippen LogP contribution in [0.4, 0.5) is 0 Å². The minimum absolute atomic E-state index is 0.218. The van der Waals surface area contributed by atoms with Crippen molar-refractivity contribution < 1.29 is 0 Å². The van der Waals surface area contributed by atoms with Crippen molar-refractivity contribution in [2.75, 3.05) is 0 Å². The molecule has 0 aliphatic heterocycles. The highest BCUT2D eigenvalue weighted by atomic mass is 14.3. The molecule has 0 bridgehead atoms. The van der Waals surface area contributed by atoms with E-state index in [0.717, 1.165) is 0 Å². The predicted octanol–water partition coefficient (Wildman–Crippen LogP) is 4.26. The van der Waals surface area contributed by atoms with Crippen molar-refractivity contribution in [3.63, 3.8) is 0 Å². The monoisotopic (exact) mass is 176 g/mol. The maximum absolute atomic E-state index is 4.13. The molecule has 0 N–H and O–H groups in total. The fraction of sp³-hybridized carbons (Fsp3) is 0.538. The molecule has 0 aromatic carbocycles. The molecule has 0 saturated heterocycles. The van der Waals surface area contributed by atoms with Gasteiger partial charge >= 0.3 is 0 Å². The molecule has 0 atom stereocenters. The zero-order chi connectivity index (χ0) is 10.4. The topological polar surface area (TPSA) is 0 Å². The molecule has 0 aromatic rings. The van der Waals surface area contributed by atoms with Gasteiger partial charge in [0.25, 0.3) is 0 Å². The lowest BCUT2D eigenvalue weighted by molar-refractivity contribution is 0.521. The summed E-state index contributed by atoms with van der Waals surface area (Å²) in [6.07, 6.45) is 0. The Kier molecular flexibility index (Phi) is 2.27. The molecule has 0 heterocycles. The summed E-state index contributed by atoms with van der Waals surface area (Å²) >= 11 is 0. The lowest BCUT2D eigenvalue weighted by Crippen LogP contribution is -2.22. The smallest absolute Gasteiger partial charge is 0.00703 e. The van der Waals surface area contributed by atoms with Crippen molar-refractivity contribution in [2.24, 2.45) is 5.41 Å². The highest BCUT2D eigenvalue weighted by Crippen LogP contribution is 2.45. The maximum Gasteiger partial charge on any atom is 0.00703 e. The average molecular weight is 176 g/mol. The van der Waals surface area contributed by atoms with Gasteiger partial charge in [-0.25, -0.2) is 0 Å². The molecular formula is C13H20. The quantitative estimate of drug-likeness (QED) is 0.517. The van der Waals surface area contributed by atoms with Gasteiger partial charge in [0.2, 0.25) is 0 Å². The minimum Gasteiger partial charge on any atom is -0.0912 e. The highest BCUT2D eigenvalue weighted by Gasteiger charge is 2.30. The van der Waals surface area contributed by atoms with Crippen LogP contribution in [0.5, 0.6) is 0 Å². The van der Waals surface area contributed by atoms with Crippen molar-refractivity contribution in [1.29, 1.82) is 0 Å². The van der Waals surface area contributed by atoms with Crippen LogP contribution in [-0.2, 0) is 0 Å². The summed E-state index contributed by atoms with van der Waals surface area (Å²) in [6.45, 7) is 17.5. The fourth-order valence-corrected chi connectivity index (χ4v) is 1.95.